The smallest absolute Gasteiger partial charge is 0.179 e. The van der Waals surface area contributed by atoms with Crippen molar-refractivity contribution in [3.63, 3.8) is 0 Å². The number of rotatable bonds is 5. The first-order valence-corrected chi connectivity index (χ1v) is 10.9. The highest BCUT2D eigenvalue weighted by atomic mass is 16.5. The van der Waals surface area contributed by atoms with Gasteiger partial charge in [-0.05, 0) is 42.1 Å². The average Bonchev–Trinajstić information content (AvgIpc) is 3.45. The van der Waals surface area contributed by atoms with Gasteiger partial charge < -0.3 is 24.0 Å². The molecule has 6 aromatic rings. The zero-order valence-corrected chi connectivity index (χ0v) is 18.1. The number of nitrogens with one attached hydrogen (secondary N) is 1. The molecule has 7 nitrogen and oxygen atoms in total. The van der Waals surface area contributed by atoms with Crippen LogP contribution in [0.25, 0.3) is 43.5 Å². The van der Waals surface area contributed by atoms with Gasteiger partial charge in [0.2, 0.25) is 0 Å². The van der Waals surface area contributed by atoms with Crippen LogP contribution in [0.15, 0.2) is 72.2 Å². The summed E-state index contributed by atoms with van der Waals surface area (Å²) in [5.41, 5.74) is 3.15. The number of nitrogens with zero attached hydrogens (tertiary/aromatic N) is 3. The topological polar surface area (TPSA) is 85.1 Å². The van der Waals surface area contributed by atoms with Crippen LogP contribution in [-0.4, -0.2) is 31.3 Å². The van der Waals surface area contributed by atoms with Gasteiger partial charge in [-0.25, -0.2) is 4.98 Å². The lowest BCUT2D eigenvalue weighted by Gasteiger charge is -2.12. The second-order valence-corrected chi connectivity index (χ2v) is 8.27. The molecule has 3 aromatic carbocycles. The van der Waals surface area contributed by atoms with Crippen LogP contribution < -0.4 is 10.2 Å². The number of phenolic OH excluding ortho intramolecular Hbond substituents is 1. The maximum atomic E-state index is 12.0. The van der Waals surface area contributed by atoms with Crippen LogP contribution in [0, 0.1) is 0 Å². The van der Waals surface area contributed by atoms with Crippen molar-refractivity contribution in [1.82, 2.24) is 19.1 Å². The van der Waals surface area contributed by atoms with Gasteiger partial charge in [-0.2, -0.15) is 0 Å². The van der Waals surface area contributed by atoms with E-state index in [9.17, 15) is 9.90 Å². The Morgan fingerprint density at radius 2 is 1.88 bits per heavy atom. The maximum Gasteiger partial charge on any atom is 0.179 e. The van der Waals surface area contributed by atoms with Gasteiger partial charge in [0, 0.05) is 53.2 Å². The fourth-order valence-corrected chi connectivity index (χ4v) is 4.86. The Morgan fingerprint density at radius 3 is 2.70 bits per heavy atom. The molecule has 0 atom stereocenters. The van der Waals surface area contributed by atoms with Crippen LogP contribution in [0.2, 0.25) is 0 Å². The van der Waals surface area contributed by atoms with Crippen LogP contribution in [-0.2, 0) is 13.1 Å². The van der Waals surface area contributed by atoms with Crippen molar-refractivity contribution in [2.24, 2.45) is 0 Å². The lowest BCUT2D eigenvalue weighted by Crippen LogP contribution is -2.04. The number of aryl methyl sites for hydroxylation is 2. The van der Waals surface area contributed by atoms with Crippen molar-refractivity contribution in [2.45, 2.75) is 19.5 Å². The molecular formula is C26H22N4O3. The summed E-state index contributed by atoms with van der Waals surface area (Å²) in [7, 11) is 1.56. The molecule has 0 saturated heterocycles. The van der Waals surface area contributed by atoms with Crippen LogP contribution in [0.5, 0.6) is 11.5 Å². The molecule has 0 radical (unpaired) electrons. The number of aromatic hydroxyl groups is 1. The Bertz CT molecular complexity index is 1710. The number of hydrogen-bond acceptors (Lipinski definition) is 4. The van der Waals surface area contributed by atoms with Gasteiger partial charge in [0.05, 0.1) is 30.0 Å². The number of imidazole rings is 1. The average molecular weight is 438 g/mol. The van der Waals surface area contributed by atoms with Gasteiger partial charge in [-0.1, -0.05) is 12.1 Å². The second-order valence-electron chi connectivity index (χ2n) is 8.27. The van der Waals surface area contributed by atoms with Crippen molar-refractivity contribution in [2.75, 3.05) is 7.11 Å². The second kappa shape index (κ2) is 7.41. The first kappa shape index (κ1) is 19.4. The fourth-order valence-electron chi connectivity index (χ4n) is 4.86. The van der Waals surface area contributed by atoms with E-state index in [0.717, 1.165) is 63.0 Å². The minimum atomic E-state index is 0.00171. The lowest BCUT2D eigenvalue weighted by molar-refractivity contribution is 0.374. The van der Waals surface area contributed by atoms with E-state index in [4.69, 9.17) is 4.74 Å². The molecule has 0 amide bonds. The first-order valence-electron chi connectivity index (χ1n) is 10.9. The zero-order chi connectivity index (χ0) is 22.5. The minimum absolute atomic E-state index is 0.00171. The van der Waals surface area contributed by atoms with Crippen molar-refractivity contribution < 1.29 is 9.84 Å². The molecule has 33 heavy (non-hydrogen) atoms. The minimum Gasteiger partial charge on any atom is -0.504 e. The number of hydrogen-bond donors (Lipinski definition) is 2. The van der Waals surface area contributed by atoms with E-state index in [-0.39, 0.29) is 11.2 Å². The molecular weight excluding hydrogens is 416 g/mol. The van der Waals surface area contributed by atoms with E-state index in [1.807, 2.05) is 36.9 Å². The van der Waals surface area contributed by atoms with Crippen LogP contribution >= 0.6 is 0 Å². The number of phenols is 1. The number of ether oxygens (including phenoxy) is 1. The van der Waals surface area contributed by atoms with E-state index in [2.05, 4.69) is 25.2 Å². The molecule has 2 N–H and O–H groups in total. The summed E-state index contributed by atoms with van der Waals surface area (Å²) in [6, 6.07) is 12.9. The number of fused-ring (bicyclic) bond motifs is 7. The third-order valence-corrected chi connectivity index (χ3v) is 6.34. The number of H-pyrrole nitrogens is 1. The third-order valence-electron chi connectivity index (χ3n) is 6.34. The van der Waals surface area contributed by atoms with E-state index in [1.54, 1.807) is 31.5 Å². The molecule has 0 aliphatic heterocycles. The Labute approximate surface area is 188 Å². The van der Waals surface area contributed by atoms with E-state index >= 15 is 0 Å². The SMILES string of the molecule is COc1cc2c(c[nH]c3c4ccc5cc(=O)ccc5c4n(CCCn4ccnc4)c23)cc1O. The summed E-state index contributed by atoms with van der Waals surface area (Å²) in [6.45, 7) is 1.61. The molecule has 7 heteroatoms. The Kier molecular flexibility index (Phi) is 4.36. The quantitative estimate of drug-likeness (QED) is 0.405. The van der Waals surface area contributed by atoms with Crippen LogP contribution in [0.4, 0.5) is 0 Å². The summed E-state index contributed by atoms with van der Waals surface area (Å²) in [6.07, 6.45) is 8.39. The first-order chi connectivity index (χ1) is 16.1. The Balaban J connectivity index is 1.68. The normalized spacial score (nSPS) is 11.8. The predicted molar refractivity (Wildman–Crippen MR) is 130 cm³/mol. The summed E-state index contributed by atoms with van der Waals surface area (Å²) in [5, 5.41) is 15.3. The number of benzene rings is 3. The molecule has 0 fully saturated rings. The zero-order valence-electron chi connectivity index (χ0n) is 18.1. The van der Waals surface area contributed by atoms with Gasteiger partial charge in [0.15, 0.2) is 16.9 Å². The fraction of sp³-hybridized carbons (Fsp3) is 0.154. The summed E-state index contributed by atoms with van der Waals surface area (Å²) >= 11 is 0. The monoisotopic (exact) mass is 438 g/mol. The van der Waals surface area contributed by atoms with Crippen molar-refractivity contribution in [3.8, 4) is 11.5 Å². The Hall–Kier alpha value is -4.26. The summed E-state index contributed by atoms with van der Waals surface area (Å²) in [4.78, 5) is 19.6. The van der Waals surface area contributed by atoms with E-state index < -0.39 is 0 Å². The third kappa shape index (κ3) is 3.04. The number of pyridine rings is 1. The van der Waals surface area contributed by atoms with Gasteiger partial charge in [0.25, 0.3) is 0 Å². The van der Waals surface area contributed by atoms with E-state index in [0.29, 0.717) is 5.75 Å². The van der Waals surface area contributed by atoms with Crippen molar-refractivity contribution in [3.05, 3.63) is 77.6 Å². The van der Waals surface area contributed by atoms with Gasteiger partial charge in [-0.3, -0.25) is 4.79 Å². The molecule has 3 aromatic heterocycles. The number of methoxy groups -OCH3 is 1. The van der Waals surface area contributed by atoms with Gasteiger partial charge >= 0.3 is 0 Å². The molecule has 0 aliphatic rings. The largest absolute Gasteiger partial charge is 0.504 e. The molecule has 0 spiro atoms. The van der Waals surface area contributed by atoms with Crippen molar-refractivity contribution in [1.29, 1.82) is 0 Å². The highest BCUT2D eigenvalue weighted by molar-refractivity contribution is 6.21. The molecule has 3 heterocycles. The molecule has 0 saturated carbocycles. The van der Waals surface area contributed by atoms with Crippen molar-refractivity contribution >= 4 is 43.5 Å². The standard InChI is InChI=1S/C26H22N4O3/c1-33-23-13-21-17(12-22(23)32)14-28-24-20-5-3-16-11-18(31)4-6-19(16)25(20)30(26(21)24)9-2-8-29-10-7-27-15-29/h3-7,10-15,28,32H,2,8-9H2,1H3. The summed E-state index contributed by atoms with van der Waals surface area (Å²) in [5.74, 6) is 0.542. The van der Waals surface area contributed by atoms with E-state index in [1.165, 1.54) is 0 Å². The highest BCUT2D eigenvalue weighted by Crippen LogP contribution is 2.39. The van der Waals surface area contributed by atoms with Crippen LogP contribution in [0.1, 0.15) is 6.42 Å². The summed E-state index contributed by atoms with van der Waals surface area (Å²) < 4.78 is 9.81. The van der Waals surface area contributed by atoms with Gasteiger partial charge in [-0.15, -0.1) is 0 Å². The lowest BCUT2D eigenvalue weighted by atomic mass is 10.1. The molecule has 0 aliphatic carbocycles. The number of aromatic amines is 1. The Morgan fingerprint density at radius 1 is 1.00 bits per heavy atom. The predicted octanol–water partition coefficient (Wildman–Crippen LogP) is 4.79. The molecule has 164 valence electrons. The molecule has 0 unspecified atom stereocenters. The maximum absolute atomic E-state index is 12.0. The number of aromatic nitrogens is 4. The molecule has 0 bridgehead atoms. The van der Waals surface area contributed by atoms with Crippen LogP contribution in [0.3, 0.4) is 0 Å². The molecule has 6 rings (SSSR count). The van der Waals surface area contributed by atoms with Gasteiger partial charge in [0.1, 0.15) is 0 Å². The highest BCUT2D eigenvalue weighted by Gasteiger charge is 2.18.